The highest BCUT2D eigenvalue weighted by atomic mass is 16.5. The Morgan fingerprint density at radius 2 is 2.15 bits per heavy atom. The van der Waals surface area contributed by atoms with Gasteiger partial charge in [0.25, 0.3) is 0 Å². The summed E-state index contributed by atoms with van der Waals surface area (Å²) in [6.07, 6.45) is 0. The molecule has 0 spiro atoms. The maximum atomic E-state index is 12.0. The zero-order valence-electron chi connectivity index (χ0n) is 12.1. The van der Waals surface area contributed by atoms with Crippen LogP contribution in [-0.4, -0.2) is 50.5 Å². The third kappa shape index (κ3) is 2.54. The van der Waals surface area contributed by atoms with E-state index < -0.39 is 6.04 Å². The van der Waals surface area contributed by atoms with Crippen molar-refractivity contribution in [1.29, 1.82) is 0 Å². The summed E-state index contributed by atoms with van der Waals surface area (Å²) >= 11 is 0. The van der Waals surface area contributed by atoms with Crippen LogP contribution in [0.3, 0.4) is 0 Å². The van der Waals surface area contributed by atoms with Crippen LogP contribution in [-0.2, 0) is 9.59 Å². The molecular formula is C14H19N3O3. The van der Waals surface area contributed by atoms with Gasteiger partial charge in [0, 0.05) is 20.2 Å². The van der Waals surface area contributed by atoms with E-state index in [1.165, 1.54) is 4.90 Å². The SMILES string of the molecule is COc1ccc2c(c1)N(CC(=O)N(C)C)[C@@H](C)C(=O)N2. The van der Waals surface area contributed by atoms with Gasteiger partial charge < -0.3 is 19.9 Å². The zero-order valence-corrected chi connectivity index (χ0v) is 12.1. The maximum Gasteiger partial charge on any atom is 0.246 e. The number of carbonyl (C=O) groups excluding carboxylic acids is 2. The Bertz CT molecular complexity index is 542. The summed E-state index contributed by atoms with van der Waals surface area (Å²) < 4.78 is 5.21. The third-order valence-electron chi connectivity index (χ3n) is 3.42. The van der Waals surface area contributed by atoms with E-state index >= 15 is 0 Å². The molecule has 20 heavy (non-hydrogen) atoms. The molecule has 1 heterocycles. The Balaban J connectivity index is 2.39. The van der Waals surface area contributed by atoms with Crippen LogP contribution in [0, 0.1) is 0 Å². The van der Waals surface area contributed by atoms with Crippen molar-refractivity contribution >= 4 is 23.2 Å². The van der Waals surface area contributed by atoms with Crippen LogP contribution in [0.1, 0.15) is 6.92 Å². The third-order valence-corrected chi connectivity index (χ3v) is 3.42. The molecule has 0 aromatic heterocycles. The quantitative estimate of drug-likeness (QED) is 0.893. The topological polar surface area (TPSA) is 61.9 Å². The Hall–Kier alpha value is -2.24. The molecule has 0 fully saturated rings. The fourth-order valence-corrected chi connectivity index (χ4v) is 2.08. The summed E-state index contributed by atoms with van der Waals surface area (Å²) in [7, 11) is 4.98. The Morgan fingerprint density at radius 3 is 2.75 bits per heavy atom. The van der Waals surface area contributed by atoms with Gasteiger partial charge in [0.2, 0.25) is 11.8 Å². The fourth-order valence-electron chi connectivity index (χ4n) is 2.08. The number of amides is 2. The number of methoxy groups -OCH3 is 1. The van der Waals surface area contributed by atoms with Gasteiger partial charge in [0.05, 0.1) is 25.0 Å². The van der Waals surface area contributed by atoms with E-state index in [1.54, 1.807) is 45.2 Å². The molecule has 1 aliphatic rings. The maximum absolute atomic E-state index is 12.0. The van der Waals surface area contributed by atoms with Gasteiger partial charge in [0.15, 0.2) is 0 Å². The van der Waals surface area contributed by atoms with E-state index in [4.69, 9.17) is 4.74 Å². The normalized spacial score (nSPS) is 17.3. The number of nitrogens with one attached hydrogen (secondary N) is 1. The summed E-state index contributed by atoms with van der Waals surface area (Å²) in [6.45, 7) is 1.93. The Labute approximate surface area is 118 Å². The van der Waals surface area contributed by atoms with Crippen LogP contribution in [0.25, 0.3) is 0 Å². The molecule has 1 atom stereocenters. The average Bonchev–Trinajstić information content (AvgIpc) is 2.43. The van der Waals surface area contributed by atoms with Gasteiger partial charge in [-0.1, -0.05) is 0 Å². The molecule has 0 saturated heterocycles. The van der Waals surface area contributed by atoms with Crippen molar-refractivity contribution in [3.05, 3.63) is 18.2 Å². The number of hydrogen-bond acceptors (Lipinski definition) is 4. The standard InChI is InChI=1S/C14H19N3O3/c1-9-14(19)15-11-6-5-10(20-4)7-12(11)17(9)8-13(18)16(2)3/h5-7,9H,8H2,1-4H3,(H,15,19)/t9-/m0/s1. The number of carbonyl (C=O) groups is 2. The van der Waals surface area contributed by atoms with Crippen LogP contribution in [0.2, 0.25) is 0 Å². The molecule has 108 valence electrons. The predicted molar refractivity (Wildman–Crippen MR) is 77.1 cm³/mol. The molecule has 1 aliphatic heterocycles. The first-order chi connectivity index (χ1) is 9.43. The highest BCUT2D eigenvalue weighted by Gasteiger charge is 2.31. The fraction of sp³-hybridized carbons (Fsp3) is 0.429. The van der Waals surface area contributed by atoms with E-state index in [9.17, 15) is 9.59 Å². The molecular weight excluding hydrogens is 258 g/mol. The number of nitrogens with zero attached hydrogens (tertiary/aromatic N) is 2. The molecule has 6 nitrogen and oxygen atoms in total. The zero-order chi connectivity index (χ0) is 14.9. The van der Waals surface area contributed by atoms with Crippen molar-refractivity contribution in [3.8, 4) is 5.75 Å². The number of anilines is 2. The van der Waals surface area contributed by atoms with Crippen LogP contribution in [0.15, 0.2) is 18.2 Å². The minimum Gasteiger partial charge on any atom is -0.497 e. The van der Waals surface area contributed by atoms with Gasteiger partial charge >= 0.3 is 0 Å². The largest absolute Gasteiger partial charge is 0.497 e. The Morgan fingerprint density at radius 1 is 1.45 bits per heavy atom. The van der Waals surface area contributed by atoms with E-state index in [0.29, 0.717) is 11.4 Å². The van der Waals surface area contributed by atoms with Gasteiger partial charge in [-0.25, -0.2) is 0 Å². The first-order valence-corrected chi connectivity index (χ1v) is 6.39. The molecule has 0 bridgehead atoms. The molecule has 0 saturated carbocycles. The summed E-state index contributed by atoms with van der Waals surface area (Å²) in [6, 6.07) is 4.99. The summed E-state index contributed by atoms with van der Waals surface area (Å²) in [5.41, 5.74) is 1.49. The van der Waals surface area contributed by atoms with Crippen molar-refractivity contribution in [2.24, 2.45) is 0 Å². The van der Waals surface area contributed by atoms with E-state index in [-0.39, 0.29) is 18.4 Å². The molecule has 0 radical (unpaired) electrons. The van der Waals surface area contributed by atoms with Gasteiger partial charge in [0.1, 0.15) is 11.8 Å². The predicted octanol–water partition coefficient (Wildman–Crippen LogP) is 0.930. The van der Waals surface area contributed by atoms with Crippen molar-refractivity contribution in [2.75, 3.05) is 38.0 Å². The molecule has 6 heteroatoms. The van der Waals surface area contributed by atoms with Crippen LogP contribution < -0.4 is 15.0 Å². The monoisotopic (exact) mass is 277 g/mol. The lowest BCUT2D eigenvalue weighted by atomic mass is 10.1. The van der Waals surface area contributed by atoms with Crippen LogP contribution in [0.4, 0.5) is 11.4 Å². The second kappa shape index (κ2) is 5.40. The minimum atomic E-state index is -0.404. The number of hydrogen-bond donors (Lipinski definition) is 1. The first-order valence-electron chi connectivity index (χ1n) is 6.39. The lowest BCUT2D eigenvalue weighted by molar-refractivity contribution is -0.127. The van der Waals surface area contributed by atoms with Crippen molar-refractivity contribution in [1.82, 2.24) is 4.90 Å². The number of ether oxygens (including phenoxy) is 1. The van der Waals surface area contributed by atoms with Gasteiger partial charge in [-0.15, -0.1) is 0 Å². The number of rotatable bonds is 3. The van der Waals surface area contributed by atoms with Crippen molar-refractivity contribution in [3.63, 3.8) is 0 Å². The number of likely N-dealkylation sites (N-methyl/N-ethyl adjacent to an activating group) is 1. The lowest BCUT2D eigenvalue weighted by Crippen LogP contribution is -2.50. The van der Waals surface area contributed by atoms with Gasteiger partial charge in [-0.3, -0.25) is 9.59 Å². The molecule has 1 N–H and O–H groups in total. The number of fused-ring (bicyclic) bond motifs is 1. The molecule has 1 aromatic carbocycles. The highest BCUT2D eigenvalue weighted by molar-refractivity contribution is 6.04. The molecule has 0 aliphatic carbocycles. The first kappa shape index (κ1) is 14.2. The second-order valence-corrected chi connectivity index (χ2v) is 4.96. The van der Waals surface area contributed by atoms with Crippen molar-refractivity contribution < 1.29 is 14.3 Å². The van der Waals surface area contributed by atoms with E-state index in [2.05, 4.69) is 5.32 Å². The van der Waals surface area contributed by atoms with Gasteiger partial charge in [-0.05, 0) is 19.1 Å². The molecule has 2 rings (SSSR count). The Kier molecular flexibility index (Phi) is 3.83. The summed E-state index contributed by atoms with van der Waals surface area (Å²) in [5, 5.41) is 2.83. The minimum absolute atomic E-state index is 0.0553. The van der Waals surface area contributed by atoms with Crippen LogP contribution in [0.5, 0.6) is 5.75 Å². The second-order valence-electron chi connectivity index (χ2n) is 4.96. The molecule has 0 unspecified atom stereocenters. The smallest absolute Gasteiger partial charge is 0.246 e. The van der Waals surface area contributed by atoms with Crippen LogP contribution >= 0.6 is 0 Å². The van der Waals surface area contributed by atoms with E-state index in [1.807, 2.05) is 6.07 Å². The molecule has 1 aromatic rings. The summed E-state index contributed by atoms with van der Waals surface area (Å²) in [4.78, 5) is 27.2. The number of benzene rings is 1. The summed E-state index contributed by atoms with van der Waals surface area (Å²) in [5.74, 6) is 0.518. The van der Waals surface area contributed by atoms with Gasteiger partial charge in [-0.2, -0.15) is 0 Å². The van der Waals surface area contributed by atoms with Crippen molar-refractivity contribution in [2.45, 2.75) is 13.0 Å². The highest BCUT2D eigenvalue weighted by Crippen LogP contribution is 2.35. The average molecular weight is 277 g/mol. The molecule has 2 amide bonds. The lowest BCUT2D eigenvalue weighted by Gasteiger charge is -2.36. The van der Waals surface area contributed by atoms with E-state index in [0.717, 1.165) is 5.69 Å².